The Labute approximate surface area is 134 Å². The smallest absolute Gasteiger partial charge is 0.127 e. The zero-order valence-corrected chi connectivity index (χ0v) is 13.1. The minimum atomic E-state index is -0.150. The van der Waals surface area contributed by atoms with Gasteiger partial charge in [0.2, 0.25) is 0 Å². The molecule has 2 heterocycles. The molecule has 0 fully saturated rings. The molecule has 0 radical (unpaired) electrons. The number of halogens is 1. The first-order chi connectivity index (χ1) is 11.1. The van der Waals surface area contributed by atoms with Crippen LogP contribution in [0.3, 0.4) is 0 Å². The zero-order chi connectivity index (χ0) is 16.0. The van der Waals surface area contributed by atoms with Crippen molar-refractivity contribution >= 4 is 16.6 Å². The Hall–Kier alpha value is -2.55. The lowest BCUT2D eigenvalue weighted by atomic mass is 9.84. The highest BCUT2D eigenvalue weighted by atomic mass is 19.1. The maximum absolute atomic E-state index is 14.4. The van der Waals surface area contributed by atoms with Crippen molar-refractivity contribution in [1.29, 1.82) is 0 Å². The summed E-state index contributed by atoms with van der Waals surface area (Å²) >= 11 is 0. The standard InChI is InChI=1S/C20H17FN2/c1-12-13(2)23-20(16-7-5-8-17(21)19(12)16)15-10-14-6-3-4-9-18(14)22-11-15/h3-13H,1-2H3. The van der Waals surface area contributed by atoms with Crippen LogP contribution in [0.1, 0.15) is 36.5 Å². The lowest BCUT2D eigenvalue weighted by molar-refractivity contribution is 0.543. The zero-order valence-electron chi connectivity index (χ0n) is 13.1. The lowest BCUT2D eigenvalue weighted by Crippen LogP contribution is -2.24. The molecule has 0 N–H and O–H groups in total. The summed E-state index contributed by atoms with van der Waals surface area (Å²) in [6, 6.07) is 15.4. The maximum Gasteiger partial charge on any atom is 0.127 e. The molecule has 0 bridgehead atoms. The average Bonchev–Trinajstić information content (AvgIpc) is 2.57. The molecule has 114 valence electrons. The first-order valence-electron chi connectivity index (χ1n) is 7.87. The van der Waals surface area contributed by atoms with Gasteiger partial charge in [-0.15, -0.1) is 0 Å². The van der Waals surface area contributed by atoms with E-state index in [0.717, 1.165) is 33.3 Å². The van der Waals surface area contributed by atoms with E-state index in [1.54, 1.807) is 6.07 Å². The molecule has 2 unspecified atom stereocenters. The van der Waals surface area contributed by atoms with Crippen LogP contribution in [0.2, 0.25) is 0 Å². The van der Waals surface area contributed by atoms with E-state index in [2.05, 4.69) is 11.1 Å². The predicted octanol–water partition coefficient (Wildman–Crippen LogP) is 4.72. The summed E-state index contributed by atoms with van der Waals surface area (Å²) in [6.45, 7) is 4.07. The van der Waals surface area contributed by atoms with Crippen molar-refractivity contribution in [1.82, 2.24) is 4.98 Å². The van der Waals surface area contributed by atoms with Gasteiger partial charge in [-0.25, -0.2) is 4.39 Å². The SMILES string of the molecule is CC1N=C(c2cnc3ccccc3c2)c2cccc(F)c2C1C. The van der Waals surface area contributed by atoms with Crippen LogP contribution in [0.5, 0.6) is 0 Å². The minimum Gasteiger partial charge on any atom is -0.280 e. The van der Waals surface area contributed by atoms with E-state index < -0.39 is 0 Å². The third-order valence-electron chi connectivity index (χ3n) is 4.68. The van der Waals surface area contributed by atoms with Gasteiger partial charge in [0.25, 0.3) is 0 Å². The van der Waals surface area contributed by atoms with Gasteiger partial charge < -0.3 is 0 Å². The van der Waals surface area contributed by atoms with Crippen molar-refractivity contribution in [2.75, 3.05) is 0 Å². The second kappa shape index (κ2) is 5.27. The highest BCUT2D eigenvalue weighted by molar-refractivity contribution is 6.15. The first kappa shape index (κ1) is 14.1. The molecule has 0 spiro atoms. The molecule has 2 atom stereocenters. The van der Waals surface area contributed by atoms with Gasteiger partial charge in [0.1, 0.15) is 5.82 Å². The topological polar surface area (TPSA) is 25.2 Å². The summed E-state index contributed by atoms with van der Waals surface area (Å²) in [5, 5.41) is 1.07. The number of aromatic nitrogens is 1. The van der Waals surface area contributed by atoms with Crippen LogP contribution in [-0.4, -0.2) is 16.7 Å². The van der Waals surface area contributed by atoms with E-state index in [4.69, 9.17) is 4.99 Å². The van der Waals surface area contributed by atoms with Crippen molar-refractivity contribution in [2.45, 2.75) is 25.8 Å². The fraction of sp³-hybridized carbons (Fsp3) is 0.200. The van der Waals surface area contributed by atoms with E-state index in [-0.39, 0.29) is 17.8 Å². The summed E-state index contributed by atoms with van der Waals surface area (Å²) in [5.74, 6) is -0.0774. The summed E-state index contributed by atoms with van der Waals surface area (Å²) in [5.41, 5.74) is 4.37. The summed E-state index contributed by atoms with van der Waals surface area (Å²) in [6.07, 6.45) is 1.83. The molecule has 4 rings (SSSR count). The van der Waals surface area contributed by atoms with E-state index in [1.807, 2.05) is 50.4 Å². The number of aliphatic imine (C=N–C) groups is 1. The third kappa shape index (κ3) is 2.24. The van der Waals surface area contributed by atoms with Crippen LogP contribution in [-0.2, 0) is 0 Å². The second-order valence-corrected chi connectivity index (χ2v) is 6.12. The molecule has 3 heteroatoms. The molecule has 0 amide bonds. The molecule has 2 nitrogen and oxygen atoms in total. The number of fused-ring (bicyclic) bond motifs is 2. The Bertz CT molecular complexity index is 930. The molecule has 3 aromatic rings. The van der Waals surface area contributed by atoms with Crippen LogP contribution in [0, 0.1) is 5.82 Å². The number of para-hydroxylation sites is 1. The van der Waals surface area contributed by atoms with Crippen molar-refractivity contribution in [3.05, 3.63) is 77.2 Å². The Balaban J connectivity index is 1.93. The maximum atomic E-state index is 14.4. The monoisotopic (exact) mass is 304 g/mol. The number of hydrogen-bond acceptors (Lipinski definition) is 2. The van der Waals surface area contributed by atoms with Crippen molar-refractivity contribution in [3.8, 4) is 0 Å². The van der Waals surface area contributed by atoms with Crippen LogP contribution >= 0.6 is 0 Å². The first-order valence-corrected chi connectivity index (χ1v) is 7.87. The lowest BCUT2D eigenvalue weighted by Gasteiger charge is -2.27. The average molecular weight is 304 g/mol. The van der Waals surface area contributed by atoms with Gasteiger partial charge in [0.15, 0.2) is 0 Å². The van der Waals surface area contributed by atoms with Gasteiger partial charge >= 0.3 is 0 Å². The molecular formula is C20H17FN2. The quantitative estimate of drug-likeness (QED) is 0.639. The van der Waals surface area contributed by atoms with Crippen molar-refractivity contribution in [2.24, 2.45) is 4.99 Å². The van der Waals surface area contributed by atoms with Gasteiger partial charge in [-0.05, 0) is 25.1 Å². The minimum absolute atomic E-state index is 0.0425. The number of rotatable bonds is 1. The predicted molar refractivity (Wildman–Crippen MR) is 91.7 cm³/mol. The summed E-state index contributed by atoms with van der Waals surface area (Å²) in [4.78, 5) is 9.35. The van der Waals surface area contributed by atoms with Crippen LogP contribution in [0.15, 0.2) is 59.7 Å². The van der Waals surface area contributed by atoms with Crippen molar-refractivity contribution in [3.63, 3.8) is 0 Å². The van der Waals surface area contributed by atoms with Crippen LogP contribution < -0.4 is 0 Å². The molecule has 0 saturated carbocycles. The highest BCUT2D eigenvalue weighted by Gasteiger charge is 2.28. The Kier molecular flexibility index (Phi) is 3.22. The highest BCUT2D eigenvalue weighted by Crippen LogP contribution is 2.34. The van der Waals surface area contributed by atoms with Gasteiger partial charge in [-0.3, -0.25) is 9.98 Å². The van der Waals surface area contributed by atoms with E-state index >= 15 is 0 Å². The Morgan fingerprint density at radius 1 is 1.00 bits per heavy atom. The molecule has 0 aliphatic carbocycles. The second-order valence-electron chi connectivity index (χ2n) is 6.12. The fourth-order valence-corrected chi connectivity index (χ4v) is 3.26. The van der Waals surface area contributed by atoms with E-state index in [0.29, 0.717) is 0 Å². The molecular weight excluding hydrogens is 287 g/mol. The van der Waals surface area contributed by atoms with Gasteiger partial charge in [0, 0.05) is 34.2 Å². The van der Waals surface area contributed by atoms with E-state index in [9.17, 15) is 4.39 Å². The molecule has 23 heavy (non-hydrogen) atoms. The number of benzene rings is 2. The molecule has 1 aliphatic rings. The number of nitrogens with zero attached hydrogens (tertiary/aromatic N) is 2. The largest absolute Gasteiger partial charge is 0.280 e. The Morgan fingerprint density at radius 2 is 1.83 bits per heavy atom. The number of pyridine rings is 1. The third-order valence-corrected chi connectivity index (χ3v) is 4.68. The van der Waals surface area contributed by atoms with E-state index in [1.165, 1.54) is 6.07 Å². The van der Waals surface area contributed by atoms with Gasteiger partial charge in [-0.1, -0.05) is 37.3 Å². The number of hydrogen-bond donors (Lipinski definition) is 0. The summed E-state index contributed by atoms with van der Waals surface area (Å²) < 4.78 is 14.4. The summed E-state index contributed by atoms with van der Waals surface area (Å²) in [7, 11) is 0. The Morgan fingerprint density at radius 3 is 2.70 bits per heavy atom. The van der Waals surface area contributed by atoms with Crippen LogP contribution in [0.25, 0.3) is 10.9 Å². The molecule has 1 aromatic heterocycles. The molecule has 0 saturated heterocycles. The molecule has 1 aliphatic heterocycles. The van der Waals surface area contributed by atoms with Gasteiger partial charge in [-0.2, -0.15) is 0 Å². The normalized spacial score (nSPS) is 20.2. The molecule has 2 aromatic carbocycles. The fourth-order valence-electron chi connectivity index (χ4n) is 3.26. The van der Waals surface area contributed by atoms with Crippen LogP contribution in [0.4, 0.5) is 4.39 Å². The van der Waals surface area contributed by atoms with Crippen molar-refractivity contribution < 1.29 is 4.39 Å². The van der Waals surface area contributed by atoms with Gasteiger partial charge in [0.05, 0.1) is 17.3 Å².